The first-order valence-corrected chi connectivity index (χ1v) is 9.85. The molecule has 1 amide bonds. The summed E-state index contributed by atoms with van der Waals surface area (Å²) in [6, 6.07) is 8.25. The van der Waals surface area contributed by atoms with Gasteiger partial charge >= 0.3 is 5.97 Å². The van der Waals surface area contributed by atoms with Crippen LogP contribution in [0.25, 0.3) is 0 Å². The lowest BCUT2D eigenvalue weighted by Crippen LogP contribution is -2.30. The number of amides is 1. The number of esters is 1. The molecule has 0 aromatic heterocycles. The Morgan fingerprint density at radius 1 is 1.11 bits per heavy atom. The molecule has 0 bridgehead atoms. The molecule has 2 aromatic carbocycles. The minimum Gasteiger partial charge on any atom is -0.449 e. The second kappa shape index (κ2) is 8.26. The predicted octanol–water partition coefficient (Wildman–Crippen LogP) is 2.69. The van der Waals surface area contributed by atoms with Crippen LogP contribution < -0.4 is 5.32 Å². The number of ether oxygens (including phenoxy) is 1. The molecule has 1 N–H and O–H groups in total. The molecule has 0 unspecified atom stereocenters. The zero-order valence-electron chi connectivity index (χ0n) is 14.5. The number of halogens is 2. The molecule has 9 heteroatoms. The van der Waals surface area contributed by atoms with Crippen molar-refractivity contribution in [1.29, 1.82) is 0 Å². The molecule has 6 nitrogen and oxygen atoms in total. The number of hydrogen-bond acceptors (Lipinski definition) is 5. The van der Waals surface area contributed by atoms with Crippen LogP contribution in [0.5, 0.6) is 0 Å². The van der Waals surface area contributed by atoms with E-state index in [1.807, 2.05) is 0 Å². The van der Waals surface area contributed by atoms with Crippen LogP contribution in [0.3, 0.4) is 0 Å². The van der Waals surface area contributed by atoms with Crippen LogP contribution in [0, 0.1) is 11.6 Å². The van der Waals surface area contributed by atoms with E-state index in [1.54, 1.807) is 0 Å². The molecule has 0 heterocycles. The van der Waals surface area contributed by atoms with Crippen molar-refractivity contribution in [2.75, 3.05) is 11.6 Å². The topological polar surface area (TPSA) is 89.5 Å². The summed E-state index contributed by atoms with van der Waals surface area (Å²) in [5.74, 6) is -3.37. The van der Waals surface area contributed by atoms with Crippen molar-refractivity contribution in [3.05, 3.63) is 65.2 Å². The van der Waals surface area contributed by atoms with Crippen LogP contribution in [-0.2, 0) is 25.1 Å². The highest BCUT2D eigenvalue weighted by atomic mass is 32.2. The van der Waals surface area contributed by atoms with Crippen LogP contribution >= 0.6 is 0 Å². The number of nitrogens with one attached hydrogen (secondary N) is 1. The highest BCUT2D eigenvalue weighted by molar-refractivity contribution is 7.89. The molecule has 144 valence electrons. The van der Waals surface area contributed by atoms with Gasteiger partial charge in [-0.05, 0) is 36.8 Å². The first-order valence-electron chi connectivity index (χ1n) is 7.79. The number of sulfone groups is 1. The Hall–Kier alpha value is -2.81. The molecule has 1 atom stereocenters. The second-order valence-electron chi connectivity index (χ2n) is 5.93. The minimum absolute atomic E-state index is 0.115. The zero-order valence-corrected chi connectivity index (χ0v) is 15.3. The van der Waals surface area contributed by atoms with Gasteiger partial charge in [0.15, 0.2) is 15.9 Å². The Morgan fingerprint density at radius 2 is 1.74 bits per heavy atom. The molecule has 2 rings (SSSR count). The lowest BCUT2D eigenvalue weighted by molar-refractivity contribution is -0.123. The highest BCUT2D eigenvalue weighted by Crippen LogP contribution is 2.16. The second-order valence-corrected chi connectivity index (χ2v) is 8.07. The fourth-order valence-corrected chi connectivity index (χ4v) is 2.95. The van der Waals surface area contributed by atoms with Gasteiger partial charge in [-0.1, -0.05) is 12.1 Å². The Labute approximate surface area is 155 Å². The maximum absolute atomic E-state index is 13.5. The van der Waals surface area contributed by atoms with E-state index < -0.39 is 39.5 Å². The van der Waals surface area contributed by atoms with Gasteiger partial charge < -0.3 is 10.1 Å². The third-order valence-electron chi connectivity index (χ3n) is 3.46. The van der Waals surface area contributed by atoms with Crippen molar-refractivity contribution < 1.29 is 31.5 Å². The average molecular weight is 397 g/mol. The number of hydrogen-bond donors (Lipinski definition) is 1. The number of rotatable bonds is 6. The molecule has 0 aliphatic rings. The average Bonchev–Trinajstić information content (AvgIpc) is 2.57. The number of carbonyl (C=O) groups excluding carboxylic acids is 2. The number of carbonyl (C=O) groups is 2. The monoisotopic (exact) mass is 397 g/mol. The minimum atomic E-state index is -3.20. The summed E-state index contributed by atoms with van der Waals surface area (Å²) in [6.07, 6.45) is -0.174. The van der Waals surface area contributed by atoms with Crippen molar-refractivity contribution in [3.8, 4) is 0 Å². The van der Waals surface area contributed by atoms with Gasteiger partial charge in [0.2, 0.25) is 0 Å². The molecule has 0 saturated carbocycles. The van der Waals surface area contributed by atoms with Gasteiger partial charge in [-0.15, -0.1) is 0 Å². The van der Waals surface area contributed by atoms with E-state index in [2.05, 4.69) is 5.32 Å². The van der Waals surface area contributed by atoms with Gasteiger partial charge in [-0.3, -0.25) is 4.79 Å². The Morgan fingerprint density at radius 3 is 2.33 bits per heavy atom. The van der Waals surface area contributed by atoms with Crippen molar-refractivity contribution in [1.82, 2.24) is 0 Å². The molecule has 0 aliphatic heterocycles. The van der Waals surface area contributed by atoms with Crippen LogP contribution in [0.15, 0.2) is 42.5 Å². The van der Waals surface area contributed by atoms with Gasteiger partial charge in [0, 0.05) is 12.3 Å². The summed E-state index contributed by atoms with van der Waals surface area (Å²) in [4.78, 5) is 24.1. The Balaban J connectivity index is 2.00. The summed E-state index contributed by atoms with van der Waals surface area (Å²) in [5.41, 5.74) is 0.248. The number of benzene rings is 2. The quantitative estimate of drug-likeness (QED) is 0.757. The Kier molecular flexibility index (Phi) is 6.27. The van der Waals surface area contributed by atoms with Crippen molar-refractivity contribution in [2.45, 2.75) is 18.8 Å². The molecule has 0 aliphatic carbocycles. The zero-order chi connectivity index (χ0) is 20.2. The smallest absolute Gasteiger partial charge is 0.338 e. The SMILES string of the molecule is C[C@H](OC(=O)c1ccc(CS(C)(=O)=O)cc1)C(=O)Nc1cc(F)ccc1F. The van der Waals surface area contributed by atoms with E-state index in [0.29, 0.717) is 5.56 Å². The van der Waals surface area contributed by atoms with Crippen molar-refractivity contribution in [2.24, 2.45) is 0 Å². The molecule has 0 saturated heterocycles. The van der Waals surface area contributed by atoms with E-state index >= 15 is 0 Å². The third-order valence-corrected chi connectivity index (χ3v) is 4.32. The normalized spacial score (nSPS) is 12.3. The van der Waals surface area contributed by atoms with E-state index in [9.17, 15) is 26.8 Å². The van der Waals surface area contributed by atoms with Gasteiger partial charge in [0.25, 0.3) is 5.91 Å². The highest BCUT2D eigenvalue weighted by Gasteiger charge is 2.20. The fourth-order valence-electron chi connectivity index (χ4n) is 2.15. The first kappa shape index (κ1) is 20.5. The van der Waals surface area contributed by atoms with Crippen molar-refractivity contribution >= 4 is 27.4 Å². The summed E-state index contributed by atoms with van der Waals surface area (Å²) in [5, 5.41) is 2.14. The summed E-state index contributed by atoms with van der Waals surface area (Å²) in [6.45, 7) is 1.28. The lowest BCUT2D eigenvalue weighted by Gasteiger charge is -2.14. The first-order chi connectivity index (χ1) is 12.5. The fraction of sp³-hybridized carbons (Fsp3) is 0.222. The van der Waals surface area contributed by atoms with Gasteiger partial charge in [-0.2, -0.15) is 0 Å². The predicted molar refractivity (Wildman–Crippen MR) is 94.9 cm³/mol. The maximum atomic E-state index is 13.5. The summed E-state index contributed by atoms with van der Waals surface area (Å²) < 4.78 is 54.2. The molecule has 2 aromatic rings. The van der Waals surface area contributed by atoms with Crippen LogP contribution in [0.1, 0.15) is 22.8 Å². The van der Waals surface area contributed by atoms with E-state index in [1.165, 1.54) is 31.2 Å². The van der Waals surface area contributed by atoms with E-state index in [-0.39, 0.29) is 17.0 Å². The molecule has 0 spiro atoms. The van der Waals surface area contributed by atoms with Crippen LogP contribution in [0.2, 0.25) is 0 Å². The van der Waals surface area contributed by atoms with E-state index in [0.717, 1.165) is 24.5 Å². The summed E-state index contributed by atoms with van der Waals surface area (Å²) in [7, 11) is -3.20. The standard InChI is InChI=1S/C18H17F2NO5S/c1-11(17(22)21-16-9-14(19)7-8-15(16)20)26-18(23)13-5-3-12(4-6-13)10-27(2,24)25/h3-9,11H,10H2,1-2H3,(H,21,22)/t11-/m0/s1. The van der Waals surface area contributed by atoms with Gasteiger partial charge in [0.1, 0.15) is 11.6 Å². The molecule has 0 fully saturated rings. The van der Waals surface area contributed by atoms with Gasteiger partial charge in [0.05, 0.1) is 17.0 Å². The van der Waals surface area contributed by atoms with E-state index in [4.69, 9.17) is 4.74 Å². The molecular formula is C18H17F2NO5S. The largest absolute Gasteiger partial charge is 0.449 e. The van der Waals surface area contributed by atoms with Crippen LogP contribution in [0.4, 0.5) is 14.5 Å². The maximum Gasteiger partial charge on any atom is 0.338 e. The molecular weight excluding hydrogens is 380 g/mol. The molecule has 0 radical (unpaired) electrons. The third kappa shape index (κ3) is 6.14. The Bertz CT molecular complexity index is 958. The van der Waals surface area contributed by atoms with Crippen molar-refractivity contribution in [3.63, 3.8) is 0 Å². The van der Waals surface area contributed by atoms with Crippen LogP contribution in [-0.4, -0.2) is 32.7 Å². The lowest BCUT2D eigenvalue weighted by atomic mass is 10.1. The number of anilines is 1. The van der Waals surface area contributed by atoms with Gasteiger partial charge in [-0.25, -0.2) is 22.0 Å². The molecule has 27 heavy (non-hydrogen) atoms. The summed E-state index contributed by atoms with van der Waals surface area (Å²) >= 11 is 0.